The molecule has 4 rings (SSSR count). The second-order valence-electron chi connectivity index (χ2n) is 8.05. The van der Waals surface area contributed by atoms with E-state index in [2.05, 4.69) is 15.2 Å². The Kier molecular flexibility index (Phi) is 6.87. The summed E-state index contributed by atoms with van der Waals surface area (Å²) in [7, 11) is 0. The number of aliphatic hydroxyl groups is 1. The van der Waals surface area contributed by atoms with E-state index in [0.29, 0.717) is 63.5 Å². The zero-order valence-electron chi connectivity index (χ0n) is 17.7. The van der Waals surface area contributed by atoms with Crippen LogP contribution in [0.1, 0.15) is 23.3 Å². The first-order chi connectivity index (χ1) is 15.4. The summed E-state index contributed by atoms with van der Waals surface area (Å²) in [4.78, 5) is 34.3. The highest BCUT2D eigenvalue weighted by Crippen LogP contribution is 2.31. The molecule has 2 aliphatic heterocycles. The van der Waals surface area contributed by atoms with E-state index in [1.165, 1.54) is 17.4 Å². The molecule has 2 aliphatic rings. The van der Waals surface area contributed by atoms with Crippen molar-refractivity contribution >= 4 is 39.7 Å². The molecule has 0 bridgehead atoms. The third-order valence-electron chi connectivity index (χ3n) is 5.76. The number of aromatic nitrogens is 1. The lowest BCUT2D eigenvalue weighted by molar-refractivity contribution is -0.119. The molecule has 3 heterocycles. The molecule has 0 spiro atoms. The largest absolute Gasteiger partial charge is 0.393 e. The average molecular weight is 463 g/mol. The molecule has 9 nitrogen and oxygen atoms in total. The Labute approximate surface area is 189 Å². The number of nitrogens with zero attached hydrogens (tertiary/aromatic N) is 4. The standard InChI is InChI=1S/C21H27FN6O3S/c22-15-2-1-3-16(19(15)27-10-8-26(9-11-27)12-18(23)30)24-20(31)17-13-32-21(25-17)28-6-4-14(29)5-7-28/h1-3,13-14,29H,4-12H2,(H2,23,30)(H,24,31). The topological polar surface area (TPSA) is 115 Å². The van der Waals surface area contributed by atoms with Gasteiger partial charge in [0.05, 0.1) is 24.0 Å². The number of halogens is 1. The summed E-state index contributed by atoms with van der Waals surface area (Å²) >= 11 is 1.38. The number of thiazole rings is 1. The van der Waals surface area contributed by atoms with E-state index >= 15 is 0 Å². The van der Waals surface area contributed by atoms with Gasteiger partial charge in [0.2, 0.25) is 5.91 Å². The minimum Gasteiger partial charge on any atom is -0.393 e. The maximum atomic E-state index is 14.8. The molecule has 0 atom stereocenters. The molecule has 1 aromatic heterocycles. The predicted octanol–water partition coefficient (Wildman–Crippen LogP) is 1.10. The first-order valence-corrected chi connectivity index (χ1v) is 11.5. The molecule has 4 N–H and O–H groups in total. The quantitative estimate of drug-likeness (QED) is 0.589. The van der Waals surface area contributed by atoms with E-state index in [0.717, 1.165) is 5.13 Å². The number of rotatable bonds is 6. The lowest BCUT2D eigenvalue weighted by atomic mass is 10.1. The lowest BCUT2D eigenvalue weighted by Gasteiger charge is -2.36. The molecule has 2 aromatic rings. The van der Waals surface area contributed by atoms with Gasteiger partial charge >= 0.3 is 0 Å². The molecule has 0 unspecified atom stereocenters. The third kappa shape index (κ3) is 5.17. The third-order valence-corrected chi connectivity index (χ3v) is 6.66. The number of aliphatic hydroxyl groups excluding tert-OH is 1. The van der Waals surface area contributed by atoms with Gasteiger partial charge in [-0.2, -0.15) is 0 Å². The lowest BCUT2D eigenvalue weighted by Crippen LogP contribution is -2.49. The Morgan fingerprint density at radius 3 is 2.56 bits per heavy atom. The monoisotopic (exact) mass is 462 g/mol. The summed E-state index contributed by atoms with van der Waals surface area (Å²) in [5.41, 5.74) is 6.25. The van der Waals surface area contributed by atoms with Crippen LogP contribution in [0, 0.1) is 5.82 Å². The number of hydrogen-bond donors (Lipinski definition) is 3. The normalized spacial score (nSPS) is 18.1. The minimum atomic E-state index is -0.419. The fourth-order valence-electron chi connectivity index (χ4n) is 4.04. The van der Waals surface area contributed by atoms with E-state index in [1.54, 1.807) is 17.5 Å². The van der Waals surface area contributed by atoms with Crippen LogP contribution in [0.4, 0.5) is 20.9 Å². The van der Waals surface area contributed by atoms with Gasteiger partial charge in [-0.3, -0.25) is 14.5 Å². The molecule has 32 heavy (non-hydrogen) atoms. The van der Waals surface area contributed by atoms with Gasteiger partial charge in [-0.15, -0.1) is 11.3 Å². The van der Waals surface area contributed by atoms with Crippen molar-refractivity contribution < 1.29 is 19.1 Å². The van der Waals surface area contributed by atoms with Gasteiger partial charge in [0, 0.05) is 44.6 Å². The van der Waals surface area contributed by atoms with E-state index in [-0.39, 0.29) is 24.2 Å². The molecule has 1 aromatic carbocycles. The Balaban J connectivity index is 1.44. The van der Waals surface area contributed by atoms with E-state index < -0.39 is 11.7 Å². The second-order valence-corrected chi connectivity index (χ2v) is 8.89. The number of anilines is 3. The maximum absolute atomic E-state index is 14.8. The summed E-state index contributed by atoms with van der Waals surface area (Å²) in [6, 6.07) is 4.60. The summed E-state index contributed by atoms with van der Waals surface area (Å²) in [5.74, 6) is -1.21. The van der Waals surface area contributed by atoms with Crippen molar-refractivity contribution in [3.05, 3.63) is 35.1 Å². The van der Waals surface area contributed by atoms with Crippen LogP contribution in [0.15, 0.2) is 23.6 Å². The number of hydrogen-bond acceptors (Lipinski definition) is 8. The smallest absolute Gasteiger partial charge is 0.275 e. The number of primary amides is 1. The predicted molar refractivity (Wildman–Crippen MR) is 122 cm³/mol. The number of para-hydroxylation sites is 1. The van der Waals surface area contributed by atoms with Crippen LogP contribution in [-0.2, 0) is 4.79 Å². The second kappa shape index (κ2) is 9.80. The summed E-state index contributed by atoms with van der Waals surface area (Å²) in [5, 5.41) is 14.9. The Bertz CT molecular complexity index is 970. The molecular weight excluding hydrogens is 435 g/mol. The number of carbonyl (C=O) groups excluding carboxylic acids is 2. The van der Waals surface area contributed by atoms with Gasteiger partial charge in [-0.05, 0) is 25.0 Å². The highest BCUT2D eigenvalue weighted by Gasteiger charge is 2.25. The first kappa shape index (κ1) is 22.4. The van der Waals surface area contributed by atoms with Gasteiger partial charge < -0.3 is 26.0 Å². The van der Waals surface area contributed by atoms with E-state index in [1.807, 2.05) is 9.80 Å². The van der Waals surface area contributed by atoms with E-state index in [9.17, 15) is 19.1 Å². The van der Waals surface area contributed by atoms with Gasteiger partial charge in [-0.1, -0.05) is 6.07 Å². The van der Waals surface area contributed by atoms with Crippen LogP contribution >= 0.6 is 11.3 Å². The van der Waals surface area contributed by atoms with Gasteiger partial charge in [0.25, 0.3) is 5.91 Å². The highest BCUT2D eigenvalue weighted by atomic mass is 32.1. The molecule has 2 amide bonds. The Hall–Kier alpha value is -2.76. The van der Waals surface area contributed by atoms with Crippen LogP contribution in [-0.4, -0.2) is 78.7 Å². The average Bonchev–Trinajstić information content (AvgIpc) is 3.25. The fraction of sp³-hybridized carbons (Fsp3) is 0.476. The number of amides is 2. The van der Waals surface area contributed by atoms with Crippen LogP contribution < -0.4 is 20.9 Å². The number of nitrogens with one attached hydrogen (secondary N) is 1. The number of piperazine rings is 1. The molecule has 2 saturated heterocycles. The first-order valence-electron chi connectivity index (χ1n) is 10.6. The SMILES string of the molecule is NC(=O)CN1CCN(c2c(F)cccc2NC(=O)c2csc(N3CCC(O)CC3)n2)CC1. The molecular formula is C21H27FN6O3S. The number of piperidine rings is 1. The van der Waals surface area contributed by atoms with Crippen LogP contribution in [0.25, 0.3) is 0 Å². The molecule has 2 fully saturated rings. The van der Waals surface area contributed by atoms with Crippen LogP contribution in [0.2, 0.25) is 0 Å². The van der Waals surface area contributed by atoms with Gasteiger partial charge in [0.1, 0.15) is 11.5 Å². The number of carbonyl (C=O) groups is 2. The molecule has 0 aliphatic carbocycles. The van der Waals surface area contributed by atoms with Crippen molar-refractivity contribution in [2.75, 3.05) is 60.9 Å². The Morgan fingerprint density at radius 1 is 1.16 bits per heavy atom. The van der Waals surface area contributed by atoms with Crippen molar-refractivity contribution in [3.63, 3.8) is 0 Å². The molecule has 172 valence electrons. The van der Waals surface area contributed by atoms with E-state index in [4.69, 9.17) is 5.73 Å². The summed E-state index contributed by atoms with van der Waals surface area (Å²) in [6.45, 7) is 3.75. The van der Waals surface area contributed by atoms with Gasteiger partial charge in [-0.25, -0.2) is 9.37 Å². The highest BCUT2D eigenvalue weighted by molar-refractivity contribution is 7.14. The van der Waals surface area contributed by atoms with Crippen LogP contribution in [0.3, 0.4) is 0 Å². The maximum Gasteiger partial charge on any atom is 0.275 e. The van der Waals surface area contributed by atoms with Crippen molar-refractivity contribution in [3.8, 4) is 0 Å². The van der Waals surface area contributed by atoms with Crippen molar-refractivity contribution in [2.45, 2.75) is 18.9 Å². The fourth-order valence-corrected chi connectivity index (χ4v) is 4.90. The van der Waals surface area contributed by atoms with Crippen LogP contribution in [0.5, 0.6) is 0 Å². The number of benzene rings is 1. The zero-order chi connectivity index (χ0) is 22.7. The number of nitrogens with two attached hydrogens (primary N) is 1. The van der Waals surface area contributed by atoms with Crippen molar-refractivity contribution in [2.24, 2.45) is 5.73 Å². The summed E-state index contributed by atoms with van der Waals surface area (Å²) in [6.07, 6.45) is 1.08. The van der Waals surface area contributed by atoms with Gasteiger partial charge in [0.15, 0.2) is 5.13 Å². The van der Waals surface area contributed by atoms with Crippen molar-refractivity contribution in [1.29, 1.82) is 0 Å². The molecule has 0 radical (unpaired) electrons. The minimum absolute atomic E-state index is 0.177. The summed E-state index contributed by atoms with van der Waals surface area (Å²) < 4.78 is 14.8. The zero-order valence-corrected chi connectivity index (χ0v) is 18.5. The molecule has 11 heteroatoms. The van der Waals surface area contributed by atoms with Crippen molar-refractivity contribution in [1.82, 2.24) is 9.88 Å². The molecule has 0 saturated carbocycles. The Morgan fingerprint density at radius 2 is 1.88 bits per heavy atom.